The summed E-state index contributed by atoms with van der Waals surface area (Å²) in [5.41, 5.74) is 0.837. The first-order valence-electron chi connectivity index (χ1n) is 8.11. The molecule has 0 radical (unpaired) electrons. The van der Waals surface area contributed by atoms with Crippen molar-refractivity contribution in [2.45, 2.75) is 32.7 Å². The van der Waals surface area contributed by atoms with Crippen LogP contribution in [0.3, 0.4) is 0 Å². The zero-order valence-electron chi connectivity index (χ0n) is 13.0. The minimum absolute atomic E-state index is 0.0191. The average molecular weight is 301 g/mol. The van der Waals surface area contributed by atoms with Gasteiger partial charge in [-0.25, -0.2) is 0 Å². The Morgan fingerprint density at radius 3 is 2.73 bits per heavy atom. The summed E-state index contributed by atoms with van der Waals surface area (Å²) in [5.74, 6) is 0.618. The van der Waals surface area contributed by atoms with Gasteiger partial charge in [-0.05, 0) is 37.3 Å². The van der Waals surface area contributed by atoms with Crippen LogP contribution in [-0.2, 0) is 16.1 Å². The van der Waals surface area contributed by atoms with E-state index in [0.29, 0.717) is 18.9 Å². The largest absolute Gasteiger partial charge is 0.350 e. The number of aromatic nitrogens is 1. The smallest absolute Gasteiger partial charge is 0.226 e. The van der Waals surface area contributed by atoms with Crippen LogP contribution in [0.4, 0.5) is 0 Å². The summed E-state index contributed by atoms with van der Waals surface area (Å²) in [6.07, 6.45) is 4.56. The molecule has 1 saturated heterocycles. The van der Waals surface area contributed by atoms with Crippen LogP contribution in [-0.4, -0.2) is 34.8 Å². The number of hydrogen-bond donors (Lipinski definition) is 1. The molecule has 1 aliphatic heterocycles. The molecule has 5 nitrogen and oxygen atoms in total. The van der Waals surface area contributed by atoms with E-state index < -0.39 is 0 Å². The van der Waals surface area contributed by atoms with Crippen LogP contribution < -0.4 is 5.32 Å². The SMILES string of the molecule is CC1CCN(C(=O)C2CC2C(=O)NCc2ccccn2)CC1. The van der Waals surface area contributed by atoms with Crippen molar-refractivity contribution in [2.75, 3.05) is 13.1 Å². The van der Waals surface area contributed by atoms with E-state index in [4.69, 9.17) is 0 Å². The maximum absolute atomic E-state index is 12.4. The first-order valence-corrected chi connectivity index (χ1v) is 8.11. The molecular formula is C17H23N3O2. The summed E-state index contributed by atoms with van der Waals surface area (Å²) < 4.78 is 0. The predicted octanol–water partition coefficient (Wildman–Crippen LogP) is 1.59. The molecule has 5 heteroatoms. The highest BCUT2D eigenvalue weighted by atomic mass is 16.2. The van der Waals surface area contributed by atoms with E-state index in [0.717, 1.165) is 31.6 Å². The van der Waals surface area contributed by atoms with E-state index in [1.165, 1.54) is 0 Å². The number of pyridine rings is 1. The second-order valence-electron chi connectivity index (χ2n) is 6.50. The molecule has 2 unspecified atom stereocenters. The summed E-state index contributed by atoms with van der Waals surface area (Å²) in [6.45, 7) is 4.35. The lowest BCUT2D eigenvalue weighted by atomic mass is 9.99. The van der Waals surface area contributed by atoms with Gasteiger partial charge in [-0.3, -0.25) is 14.6 Å². The highest BCUT2D eigenvalue weighted by Gasteiger charge is 2.49. The van der Waals surface area contributed by atoms with Gasteiger partial charge in [0.1, 0.15) is 0 Å². The Hall–Kier alpha value is -1.91. The fourth-order valence-electron chi connectivity index (χ4n) is 3.03. The Morgan fingerprint density at radius 1 is 1.27 bits per heavy atom. The molecule has 1 aromatic rings. The lowest BCUT2D eigenvalue weighted by molar-refractivity contribution is -0.135. The van der Waals surface area contributed by atoms with Crippen molar-refractivity contribution in [3.8, 4) is 0 Å². The number of nitrogens with zero attached hydrogens (tertiary/aromatic N) is 2. The fourth-order valence-corrected chi connectivity index (χ4v) is 3.03. The number of nitrogens with one attached hydrogen (secondary N) is 1. The van der Waals surface area contributed by atoms with Gasteiger partial charge in [0.05, 0.1) is 24.1 Å². The molecule has 2 heterocycles. The van der Waals surface area contributed by atoms with Crippen LogP contribution in [0.25, 0.3) is 0 Å². The first kappa shape index (κ1) is 15.0. The molecule has 0 bridgehead atoms. The van der Waals surface area contributed by atoms with Gasteiger partial charge in [-0.15, -0.1) is 0 Å². The molecule has 2 amide bonds. The summed E-state index contributed by atoms with van der Waals surface area (Å²) in [7, 11) is 0. The van der Waals surface area contributed by atoms with Crippen molar-refractivity contribution in [2.24, 2.45) is 17.8 Å². The van der Waals surface area contributed by atoms with Gasteiger partial charge in [-0.2, -0.15) is 0 Å². The van der Waals surface area contributed by atoms with E-state index in [2.05, 4.69) is 17.2 Å². The standard InChI is InChI=1S/C17H23N3O2/c1-12-5-8-20(9-6-12)17(22)15-10-14(15)16(21)19-11-13-4-2-3-7-18-13/h2-4,7,12,14-15H,5-6,8-11H2,1H3,(H,19,21). The maximum Gasteiger partial charge on any atom is 0.226 e. The van der Waals surface area contributed by atoms with Gasteiger partial charge >= 0.3 is 0 Å². The summed E-state index contributed by atoms with van der Waals surface area (Å²) in [6, 6.07) is 5.63. The lowest BCUT2D eigenvalue weighted by Gasteiger charge is -2.30. The van der Waals surface area contributed by atoms with Crippen LogP contribution in [0.5, 0.6) is 0 Å². The van der Waals surface area contributed by atoms with Crippen LogP contribution in [0.1, 0.15) is 31.9 Å². The van der Waals surface area contributed by atoms with Gasteiger partial charge in [0, 0.05) is 19.3 Å². The van der Waals surface area contributed by atoms with Gasteiger partial charge in [0.2, 0.25) is 11.8 Å². The summed E-state index contributed by atoms with van der Waals surface area (Å²) in [5, 5.41) is 2.88. The van der Waals surface area contributed by atoms with E-state index in [1.807, 2.05) is 23.1 Å². The molecule has 2 atom stereocenters. The van der Waals surface area contributed by atoms with Crippen molar-refractivity contribution in [1.29, 1.82) is 0 Å². The van der Waals surface area contributed by atoms with Gasteiger partial charge in [0.25, 0.3) is 0 Å². The third-order valence-corrected chi connectivity index (χ3v) is 4.71. The number of hydrogen-bond acceptors (Lipinski definition) is 3. The normalized spacial score (nSPS) is 24.9. The number of rotatable bonds is 4. The van der Waals surface area contributed by atoms with E-state index in [-0.39, 0.29) is 23.7 Å². The molecule has 2 fully saturated rings. The maximum atomic E-state index is 12.4. The Morgan fingerprint density at radius 2 is 2.05 bits per heavy atom. The molecule has 1 N–H and O–H groups in total. The summed E-state index contributed by atoms with van der Waals surface area (Å²) in [4.78, 5) is 30.6. The van der Waals surface area contributed by atoms with Crippen LogP contribution in [0, 0.1) is 17.8 Å². The molecule has 22 heavy (non-hydrogen) atoms. The first-order chi connectivity index (χ1) is 10.6. The van der Waals surface area contributed by atoms with E-state index >= 15 is 0 Å². The average Bonchev–Trinajstić information content (AvgIpc) is 3.34. The number of amides is 2. The molecule has 118 valence electrons. The number of likely N-dealkylation sites (tertiary alicyclic amines) is 1. The van der Waals surface area contributed by atoms with Crippen molar-refractivity contribution in [3.63, 3.8) is 0 Å². The Balaban J connectivity index is 1.45. The zero-order valence-corrected chi connectivity index (χ0v) is 13.0. The third kappa shape index (κ3) is 3.46. The second kappa shape index (κ2) is 6.46. The number of piperidine rings is 1. The van der Waals surface area contributed by atoms with Crippen LogP contribution in [0.15, 0.2) is 24.4 Å². The van der Waals surface area contributed by atoms with Gasteiger partial charge < -0.3 is 10.2 Å². The molecule has 1 saturated carbocycles. The Bertz CT molecular complexity index is 538. The lowest BCUT2D eigenvalue weighted by Crippen LogP contribution is -2.39. The fraction of sp³-hybridized carbons (Fsp3) is 0.588. The Kier molecular flexibility index (Phi) is 4.41. The third-order valence-electron chi connectivity index (χ3n) is 4.71. The van der Waals surface area contributed by atoms with Crippen molar-refractivity contribution in [3.05, 3.63) is 30.1 Å². The topological polar surface area (TPSA) is 62.3 Å². The van der Waals surface area contributed by atoms with Gasteiger partial charge in [0.15, 0.2) is 0 Å². The van der Waals surface area contributed by atoms with Crippen molar-refractivity contribution in [1.82, 2.24) is 15.2 Å². The molecular weight excluding hydrogens is 278 g/mol. The minimum atomic E-state index is -0.143. The molecule has 0 aromatic carbocycles. The predicted molar refractivity (Wildman–Crippen MR) is 82.7 cm³/mol. The highest BCUT2D eigenvalue weighted by Crippen LogP contribution is 2.40. The molecule has 1 aliphatic carbocycles. The minimum Gasteiger partial charge on any atom is -0.350 e. The van der Waals surface area contributed by atoms with Crippen molar-refractivity contribution >= 4 is 11.8 Å². The zero-order chi connectivity index (χ0) is 15.5. The van der Waals surface area contributed by atoms with Gasteiger partial charge in [-0.1, -0.05) is 13.0 Å². The molecule has 3 rings (SSSR count). The number of carbonyl (C=O) groups excluding carboxylic acids is 2. The highest BCUT2D eigenvalue weighted by molar-refractivity contribution is 5.92. The molecule has 0 spiro atoms. The van der Waals surface area contributed by atoms with E-state index in [9.17, 15) is 9.59 Å². The quantitative estimate of drug-likeness (QED) is 0.918. The second-order valence-corrected chi connectivity index (χ2v) is 6.50. The van der Waals surface area contributed by atoms with Crippen molar-refractivity contribution < 1.29 is 9.59 Å². The van der Waals surface area contributed by atoms with E-state index in [1.54, 1.807) is 6.20 Å². The molecule has 2 aliphatic rings. The number of carbonyl (C=O) groups is 2. The van der Waals surface area contributed by atoms with Crippen LogP contribution >= 0.6 is 0 Å². The Labute approximate surface area is 131 Å². The monoisotopic (exact) mass is 301 g/mol. The molecule has 1 aromatic heterocycles. The summed E-state index contributed by atoms with van der Waals surface area (Å²) >= 11 is 0. The van der Waals surface area contributed by atoms with Crippen LogP contribution in [0.2, 0.25) is 0 Å².